The standard InChI is InChI=1S/C15H20ClFO/c1-14(2)6-3-7-15(18,10-14)9-11-4-5-12(17)8-13(11)16/h4-5,8,18H,3,6-7,9-10H2,1-2H3. The molecule has 1 aromatic carbocycles. The molecule has 0 radical (unpaired) electrons. The number of aliphatic hydroxyl groups is 1. The van der Waals surface area contributed by atoms with Crippen molar-refractivity contribution in [3.8, 4) is 0 Å². The van der Waals surface area contributed by atoms with Crippen LogP contribution in [0.4, 0.5) is 4.39 Å². The zero-order valence-corrected chi connectivity index (χ0v) is 11.7. The Morgan fingerprint density at radius 1 is 1.33 bits per heavy atom. The average molecular weight is 271 g/mol. The zero-order valence-electron chi connectivity index (χ0n) is 11.0. The first-order chi connectivity index (χ1) is 8.30. The third-order valence-corrected chi connectivity index (χ3v) is 4.19. The molecule has 1 fully saturated rings. The van der Waals surface area contributed by atoms with Gasteiger partial charge in [-0.05, 0) is 42.4 Å². The fraction of sp³-hybridized carbons (Fsp3) is 0.600. The van der Waals surface area contributed by atoms with E-state index < -0.39 is 5.60 Å². The Morgan fingerprint density at radius 2 is 2.06 bits per heavy atom. The van der Waals surface area contributed by atoms with E-state index in [1.165, 1.54) is 12.1 Å². The molecule has 18 heavy (non-hydrogen) atoms. The van der Waals surface area contributed by atoms with Crippen molar-refractivity contribution >= 4 is 11.6 Å². The van der Waals surface area contributed by atoms with Crippen molar-refractivity contribution < 1.29 is 9.50 Å². The summed E-state index contributed by atoms with van der Waals surface area (Å²) in [4.78, 5) is 0. The molecule has 1 saturated carbocycles. The van der Waals surface area contributed by atoms with Gasteiger partial charge in [-0.25, -0.2) is 4.39 Å². The summed E-state index contributed by atoms with van der Waals surface area (Å²) in [6, 6.07) is 4.39. The fourth-order valence-electron chi connectivity index (χ4n) is 3.13. The predicted octanol–water partition coefficient (Wildman–Crippen LogP) is 4.35. The lowest BCUT2D eigenvalue weighted by Crippen LogP contribution is -2.40. The molecule has 0 saturated heterocycles. The second-order valence-electron chi connectivity index (χ2n) is 6.33. The van der Waals surface area contributed by atoms with Crippen LogP contribution in [-0.2, 0) is 6.42 Å². The summed E-state index contributed by atoms with van der Waals surface area (Å²) in [5.74, 6) is -0.334. The minimum absolute atomic E-state index is 0.166. The lowest BCUT2D eigenvalue weighted by Gasteiger charge is -2.41. The molecule has 1 aliphatic carbocycles. The van der Waals surface area contributed by atoms with Gasteiger partial charge in [-0.2, -0.15) is 0 Å². The fourth-order valence-corrected chi connectivity index (χ4v) is 3.37. The molecular formula is C15H20ClFO. The summed E-state index contributed by atoms with van der Waals surface area (Å²) in [5.41, 5.74) is 0.293. The summed E-state index contributed by atoms with van der Waals surface area (Å²) in [5, 5.41) is 11.1. The van der Waals surface area contributed by atoms with E-state index in [2.05, 4.69) is 13.8 Å². The van der Waals surface area contributed by atoms with Crippen LogP contribution < -0.4 is 0 Å². The van der Waals surface area contributed by atoms with Crippen molar-refractivity contribution in [1.82, 2.24) is 0 Å². The van der Waals surface area contributed by atoms with Crippen molar-refractivity contribution in [2.45, 2.75) is 51.6 Å². The van der Waals surface area contributed by atoms with Crippen molar-refractivity contribution in [2.75, 3.05) is 0 Å². The van der Waals surface area contributed by atoms with Crippen LogP contribution in [0.3, 0.4) is 0 Å². The Morgan fingerprint density at radius 3 is 2.67 bits per heavy atom. The molecule has 3 heteroatoms. The number of hydrogen-bond donors (Lipinski definition) is 1. The van der Waals surface area contributed by atoms with E-state index in [-0.39, 0.29) is 11.2 Å². The van der Waals surface area contributed by atoms with Gasteiger partial charge >= 0.3 is 0 Å². The Balaban J connectivity index is 2.17. The third kappa shape index (κ3) is 3.24. The highest BCUT2D eigenvalue weighted by molar-refractivity contribution is 6.31. The van der Waals surface area contributed by atoms with Gasteiger partial charge in [-0.3, -0.25) is 0 Å². The highest BCUT2D eigenvalue weighted by Crippen LogP contribution is 2.42. The maximum atomic E-state index is 13.0. The number of hydrogen-bond acceptors (Lipinski definition) is 1. The van der Waals surface area contributed by atoms with Crippen LogP contribution in [0, 0.1) is 11.2 Å². The molecule has 2 rings (SSSR count). The molecule has 0 aromatic heterocycles. The van der Waals surface area contributed by atoms with Gasteiger partial charge in [0.15, 0.2) is 0 Å². The number of benzene rings is 1. The first-order valence-electron chi connectivity index (χ1n) is 6.46. The van der Waals surface area contributed by atoms with E-state index in [1.54, 1.807) is 6.07 Å². The summed E-state index contributed by atoms with van der Waals surface area (Å²) in [6.45, 7) is 4.37. The first-order valence-corrected chi connectivity index (χ1v) is 6.84. The van der Waals surface area contributed by atoms with E-state index in [4.69, 9.17) is 11.6 Å². The Bertz CT molecular complexity index is 444. The van der Waals surface area contributed by atoms with Crippen molar-refractivity contribution in [3.05, 3.63) is 34.6 Å². The van der Waals surface area contributed by atoms with E-state index >= 15 is 0 Å². The zero-order chi connectivity index (χ0) is 13.4. The van der Waals surface area contributed by atoms with Gasteiger partial charge in [0.2, 0.25) is 0 Å². The SMILES string of the molecule is CC1(C)CCCC(O)(Cc2ccc(F)cc2Cl)C1. The van der Waals surface area contributed by atoms with Gasteiger partial charge in [0.1, 0.15) is 5.82 Å². The van der Waals surface area contributed by atoms with Crippen LogP contribution in [0.25, 0.3) is 0 Å². The molecule has 0 aliphatic heterocycles. The quantitative estimate of drug-likeness (QED) is 0.847. The maximum Gasteiger partial charge on any atom is 0.124 e. The Labute approximate surface area is 113 Å². The van der Waals surface area contributed by atoms with Crippen LogP contribution in [0.2, 0.25) is 5.02 Å². The molecular weight excluding hydrogens is 251 g/mol. The summed E-state index contributed by atoms with van der Waals surface area (Å²) < 4.78 is 13.0. The minimum atomic E-state index is -0.705. The van der Waals surface area contributed by atoms with Crippen LogP contribution in [0.15, 0.2) is 18.2 Å². The molecule has 1 aliphatic rings. The molecule has 1 atom stereocenters. The molecule has 1 unspecified atom stereocenters. The number of halogens is 2. The van der Waals surface area contributed by atoms with Crippen LogP contribution >= 0.6 is 11.6 Å². The van der Waals surface area contributed by atoms with E-state index in [0.717, 1.165) is 31.2 Å². The van der Waals surface area contributed by atoms with Crippen LogP contribution in [-0.4, -0.2) is 10.7 Å². The summed E-state index contributed by atoms with van der Waals surface area (Å²) >= 11 is 6.03. The highest BCUT2D eigenvalue weighted by Gasteiger charge is 2.38. The minimum Gasteiger partial charge on any atom is -0.390 e. The summed E-state index contributed by atoms with van der Waals surface area (Å²) in [7, 11) is 0. The Kier molecular flexibility index (Phi) is 3.70. The third-order valence-electron chi connectivity index (χ3n) is 3.84. The average Bonchev–Trinajstić information content (AvgIpc) is 2.20. The van der Waals surface area contributed by atoms with Crippen molar-refractivity contribution in [2.24, 2.45) is 5.41 Å². The lowest BCUT2D eigenvalue weighted by atomic mass is 9.68. The molecule has 0 spiro atoms. The van der Waals surface area contributed by atoms with Crippen molar-refractivity contribution in [3.63, 3.8) is 0 Å². The Hall–Kier alpha value is -0.600. The molecule has 0 heterocycles. The van der Waals surface area contributed by atoms with Gasteiger partial charge in [0.05, 0.1) is 5.60 Å². The molecule has 1 aromatic rings. The number of rotatable bonds is 2. The van der Waals surface area contributed by atoms with Gasteiger partial charge in [-0.1, -0.05) is 37.9 Å². The molecule has 1 nitrogen and oxygen atoms in total. The topological polar surface area (TPSA) is 20.2 Å². The maximum absolute atomic E-state index is 13.0. The van der Waals surface area contributed by atoms with E-state index in [0.29, 0.717) is 11.4 Å². The van der Waals surface area contributed by atoms with E-state index in [1.807, 2.05) is 0 Å². The molecule has 0 bridgehead atoms. The van der Waals surface area contributed by atoms with Crippen LogP contribution in [0.1, 0.15) is 45.1 Å². The largest absolute Gasteiger partial charge is 0.390 e. The monoisotopic (exact) mass is 270 g/mol. The summed E-state index contributed by atoms with van der Waals surface area (Å²) in [6.07, 6.45) is 4.25. The smallest absolute Gasteiger partial charge is 0.124 e. The molecule has 1 N–H and O–H groups in total. The van der Waals surface area contributed by atoms with Crippen LogP contribution in [0.5, 0.6) is 0 Å². The first kappa shape index (κ1) is 13.8. The second kappa shape index (κ2) is 4.82. The van der Waals surface area contributed by atoms with Gasteiger partial charge in [-0.15, -0.1) is 0 Å². The molecule has 0 amide bonds. The molecule has 100 valence electrons. The normalized spacial score (nSPS) is 27.2. The second-order valence-corrected chi connectivity index (χ2v) is 6.74. The van der Waals surface area contributed by atoms with Crippen molar-refractivity contribution in [1.29, 1.82) is 0 Å². The van der Waals surface area contributed by atoms with Gasteiger partial charge < -0.3 is 5.11 Å². The van der Waals surface area contributed by atoms with Gasteiger partial charge in [0.25, 0.3) is 0 Å². The van der Waals surface area contributed by atoms with E-state index in [9.17, 15) is 9.50 Å². The predicted molar refractivity (Wildman–Crippen MR) is 72.3 cm³/mol. The lowest BCUT2D eigenvalue weighted by molar-refractivity contribution is -0.0382. The highest BCUT2D eigenvalue weighted by atomic mass is 35.5. The van der Waals surface area contributed by atoms with Gasteiger partial charge in [0, 0.05) is 11.4 Å².